The summed E-state index contributed by atoms with van der Waals surface area (Å²) < 4.78 is 6.47. The van der Waals surface area contributed by atoms with Gasteiger partial charge < -0.3 is 11.5 Å². The zero-order chi connectivity index (χ0) is 17.7. The van der Waals surface area contributed by atoms with Crippen LogP contribution in [0.5, 0.6) is 0 Å². The lowest BCUT2D eigenvalue weighted by Gasteiger charge is -2.21. The summed E-state index contributed by atoms with van der Waals surface area (Å²) in [4.78, 5) is 36.6. The predicted molar refractivity (Wildman–Crippen MR) is 87.1 cm³/mol. The van der Waals surface area contributed by atoms with E-state index in [0.717, 1.165) is 0 Å². The molecule has 1 aliphatic rings. The zero-order valence-electron chi connectivity index (χ0n) is 12.9. The third kappa shape index (κ3) is 3.92. The Morgan fingerprint density at radius 1 is 1.13 bits per heavy atom. The monoisotopic (exact) mass is 338 g/mol. The van der Waals surface area contributed by atoms with Crippen LogP contribution in [0.25, 0.3) is 0 Å². The Labute approximate surface area is 139 Å². The highest BCUT2D eigenvalue weighted by Crippen LogP contribution is 2.28. The van der Waals surface area contributed by atoms with Crippen LogP contribution in [0.3, 0.4) is 0 Å². The number of hydrogen-bond acceptors (Lipinski definition) is 6. The molecule has 0 saturated carbocycles. The standard InChI is InChI=1S/C16H18N2O3.ClHO/c1-8-12(7-13(18)15(20)9(2)17)16(21)11-6-4-3-5-10(11)14(8)19;1-2/h3-6,9,13H,7,17-18H2,1-2H3;2H/t9-,13?;/m0./s1. The van der Waals surface area contributed by atoms with E-state index in [1.807, 2.05) is 0 Å². The average Bonchev–Trinajstić information content (AvgIpc) is 2.57. The fourth-order valence-electron chi connectivity index (χ4n) is 2.45. The van der Waals surface area contributed by atoms with Crippen LogP contribution in [0.4, 0.5) is 0 Å². The largest absolute Gasteiger partial charge is 0.322 e. The summed E-state index contributed by atoms with van der Waals surface area (Å²) >= 11 is 3.64. The second-order valence-electron chi connectivity index (χ2n) is 5.31. The van der Waals surface area contributed by atoms with Gasteiger partial charge in [-0.05, 0) is 20.3 Å². The number of fused-ring (bicyclic) bond motifs is 1. The first-order valence-corrected chi connectivity index (χ1v) is 7.28. The van der Waals surface area contributed by atoms with Gasteiger partial charge in [-0.15, -0.1) is 0 Å². The van der Waals surface area contributed by atoms with Gasteiger partial charge in [-0.3, -0.25) is 19.0 Å². The van der Waals surface area contributed by atoms with Crippen LogP contribution >= 0.6 is 11.9 Å². The Balaban J connectivity index is 0.00000127. The van der Waals surface area contributed by atoms with Crippen molar-refractivity contribution in [1.29, 1.82) is 0 Å². The minimum Gasteiger partial charge on any atom is -0.322 e. The fraction of sp³-hybridized carbons (Fsp3) is 0.312. The predicted octanol–water partition coefficient (Wildman–Crippen LogP) is 1.15. The highest BCUT2D eigenvalue weighted by Gasteiger charge is 2.31. The molecule has 5 N–H and O–H groups in total. The summed E-state index contributed by atoms with van der Waals surface area (Å²) in [7, 11) is 0. The molecule has 0 heterocycles. The van der Waals surface area contributed by atoms with Gasteiger partial charge in [-0.1, -0.05) is 24.3 Å². The van der Waals surface area contributed by atoms with Crippen molar-refractivity contribution in [3.8, 4) is 0 Å². The molecule has 0 saturated heterocycles. The number of halogens is 1. The van der Waals surface area contributed by atoms with Gasteiger partial charge in [-0.2, -0.15) is 0 Å². The Bertz CT molecular complexity index is 668. The molecular formula is C16H19ClN2O4. The maximum absolute atomic E-state index is 12.5. The Morgan fingerprint density at radius 3 is 2.09 bits per heavy atom. The van der Waals surface area contributed by atoms with Crippen LogP contribution in [-0.2, 0) is 4.79 Å². The molecule has 124 valence electrons. The van der Waals surface area contributed by atoms with Crippen molar-refractivity contribution in [2.24, 2.45) is 11.5 Å². The summed E-state index contributed by atoms with van der Waals surface area (Å²) in [6.07, 6.45) is 0.0329. The molecule has 23 heavy (non-hydrogen) atoms. The number of benzene rings is 1. The van der Waals surface area contributed by atoms with Crippen molar-refractivity contribution in [2.45, 2.75) is 32.4 Å². The Kier molecular flexibility index (Phi) is 6.78. The third-order valence-electron chi connectivity index (χ3n) is 3.72. The SMILES string of the molecule is CC1=C(CC(N)C(=O)[C@H](C)N)C(=O)c2ccccc2C1=O.OCl. The summed E-state index contributed by atoms with van der Waals surface area (Å²) in [6.45, 7) is 3.14. The summed E-state index contributed by atoms with van der Waals surface area (Å²) in [5, 5.41) is 0. The molecule has 1 aromatic rings. The maximum atomic E-state index is 12.5. The van der Waals surface area contributed by atoms with Gasteiger partial charge in [0, 0.05) is 22.3 Å². The lowest BCUT2D eigenvalue weighted by Crippen LogP contribution is -2.42. The molecule has 0 radical (unpaired) electrons. The molecule has 0 aliphatic heterocycles. The number of Topliss-reactive ketones (excluding diaryl/α,β-unsaturated/α-hetero) is 3. The number of carbonyl (C=O) groups excluding carboxylic acids is 3. The van der Waals surface area contributed by atoms with Gasteiger partial charge in [0.2, 0.25) is 0 Å². The quantitative estimate of drug-likeness (QED) is 0.756. The number of rotatable bonds is 4. The van der Waals surface area contributed by atoms with E-state index in [4.69, 9.17) is 16.1 Å². The van der Waals surface area contributed by atoms with Crippen LogP contribution in [-0.4, -0.2) is 34.1 Å². The zero-order valence-corrected chi connectivity index (χ0v) is 13.6. The molecule has 0 fully saturated rings. The van der Waals surface area contributed by atoms with Gasteiger partial charge in [0.05, 0.1) is 23.9 Å². The van der Waals surface area contributed by atoms with Crippen molar-refractivity contribution in [3.63, 3.8) is 0 Å². The maximum Gasteiger partial charge on any atom is 0.190 e. The topological polar surface area (TPSA) is 123 Å². The van der Waals surface area contributed by atoms with E-state index in [1.165, 1.54) is 0 Å². The number of ketones is 3. The van der Waals surface area contributed by atoms with Crippen LogP contribution in [0.15, 0.2) is 35.4 Å². The molecule has 1 aromatic carbocycles. The second-order valence-corrected chi connectivity index (χ2v) is 5.31. The summed E-state index contributed by atoms with van der Waals surface area (Å²) in [6, 6.07) is 5.09. The second kappa shape index (κ2) is 8.12. The van der Waals surface area contributed by atoms with E-state index in [2.05, 4.69) is 11.9 Å². The molecule has 0 aromatic heterocycles. The van der Waals surface area contributed by atoms with E-state index >= 15 is 0 Å². The van der Waals surface area contributed by atoms with Gasteiger partial charge in [-0.25, -0.2) is 0 Å². The number of hydrogen-bond donors (Lipinski definition) is 3. The highest BCUT2D eigenvalue weighted by molar-refractivity contribution is 6.26. The Hall–Kier alpha value is -1.86. The highest BCUT2D eigenvalue weighted by atomic mass is 35.5. The van der Waals surface area contributed by atoms with E-state index in [-0.39, 0.29) is 23.8 Å². The molecule has 6 nitrogen and oxygen atoms in total. The van der Waals surface area contributed by atoms with Crippen molar-refractivity contribution < 1.29 is 19.0 Å². The first-order chi connectivity index (χ1) is 10.8. The smallest absolute Gasteiger partial charge is 0.190 e. The third-order valence-corrected chi connectivity index (χ3v) is 3.72. The lowest BCUT2D eigenvalue weighted by molar-refractivity contribution is -0.121. The number of allylic oxidation sites excluding steroid dienone is 1. The average molecular weight is 339 g/mol. The molecule has 0 amide bonds. The van der Waals surface area contributed by atoms with E-state index in [1.54, 1.807) is 38.1 Å². The number of nitrogens with two attached hydrogens (primary N) is 2. The molecule has 7 heteroatoms. The number of carbonyl (C=O) groups is 3. The van der Waals surface area contributed by atoms with E-state index in [0.29, 0.717) is 22.3 Å². The minimum atomic E-state index is -0.878. The Morgan fingerprint density at radius 2 is 1.61 bits per heavy atom. The van der Waals surface area contributed by atoms with Gasteiger partial charge in [0.25, 0.3) is 0 Å². The van der Waals surface area contributed by atoms with Gasteiger partial charge in [0.1, 0.15) is 0 Å². The molecule has 0 bridgehead atoms. The van der Waals surface area contributed by atoms with Crippen molar-refractivity contribution in [1.82, 2.24) is 0 Å². The van der Waals surface area contributed by atoms with Crippen molar-refractivity contribution in [2.75, 3.05) is 0 Å². The van der Waals surface area contributed by atoms with Crippen LogP contribution < -0.4 is 11.5 Å². The summed E-state index contributed by atoms with van der Waals surface area (Å²) in [5.41, 5.74) is 12.8. The van der Waals surface area contributed by atoms with Gasteiger partial charge in [0.15, 0.2) is 17.3 Å². The lowest BCUT2D eigenvalue weighted by atomic mass is 9.81. The van der Waals surface area contributed by atoms with E-state index in [9.17, 15) is 14.4 Å². The first kappa shape index (κ1) is 19.2. The van der Waals surface area contributed by atoms with E-state index < -0.39 is 12.1 Å². The summed E-state index contributed by atoms with van der Waals surface area (Å²) in [5.74, 6) is -0.759. The molecule has 2 rings (SSSR count). The van der Waals surface area contributed by atoms with Crippen LogP contribution in [0.2, 0.25) is 0 Å². The molecule has 1 unspecified atom stereocenters. The van der Waals surface area contributed by atoms with Crippen molar-refractivity contribution in [3.05, 3.63) is 46.5 Å². The molecule has 2 atom stereocenters. The van der Waals surface area contributed by atoms with Crippen molar-refractivity contribution >= 4 is 29.2 Å². The molecular weight excluding hydrogens is 320 g/mol. The fourth-order valence-corrected chi connectivity index (χ4v) is 2.45. The van der Waals surface area contributed by atoms with Crippen LogP contribution in [0, 0.1) is 0 Å². The normalized spacial score (nSPS) is 16.3. The molecule has 1 aliphatic carbocycles. The van der Waals surface area contributed by atoms with Gasteiger partial charge >= 0.3 is 0 Å². The van der Waals surface area contributed by atoms with Crippen LogP contribution in [0.1, 0.15) is 41.0 Å². The molecule has 0 spiro atoms. The first-order valence-electron chi connectivity index (χ1n) is 6.94. The minimum absolute atomic E-state index is 0.0329.